The fourth-order valence-electron chi connectivity index (χ4n) is 5.33. The Morgan fingerprint density at radius 2 is 1.94 bits per heavy atom. The van der Waals surface area contributed by atoms with E-state index in [1.807, 2.05) is 28.9 Å². The van der Waals surface area contributed by atoms with E-state index in [9.17, 15) is 4.79 Å². The lowest BCUT2D eigenvalue weighted by atomic mass is 9.89. The summed E-state index contributed by atoms with van der Waals surface area (Å²) in [5, 5.41) is 14.1. The predicted molar refractivity (Wildman–Crippen MR) is 139 cm³/mol. The van der Waals surface area contributed by atoms with Crippen molar-refractivity contribution >= 4 is 10.9 Å². The average molecular weight is 481 g/mol. The van der Waals surface area contributed by atoms with Gasteiger partial charge in [0.2, 0.25) is 0 Å². The zero-order valence-corrected chi connectivity index (χ0v) is 22.0. The van der Waals surface area contributed by atoms with Crippen LogP contribution in [0.4, 0.5) is 0 Å². The Balaban J connectivity index is 1.80. The van der Waals surface area contributed by atoms with Gasteiger partial charge in [-0.05, 0) is 73.7 Å². The molecule has 0 radical (unpaired) electrons. The summed E-state index contributed by atoms with van der Waals surface area (Å²) in [4.78, 5) is 18.8. The van der Waals surface area contributed by atoms with E-state index in [1.165, 1.54) is 19.3 Å². The number of fused-ring (bicyclic) bond motifs is 1. The number of nitrogens with one attached hydrogen (secondary N) is 1. The maximum atomic E-state index is 13.2. The third-order valence-corrected chi connectivity index (χ3v) is 7.71. The highest BCUT2D eigenvalue weighted by Crippen LogP contribution is 2.37. The summed E-state index contributed by atoms with van der Waals surface area (Å²) in [6.07, 6.45) is 6.87. The maximum Gasteiger partial charge on any atom is 0.252 e. The van der Waals surface area contributed by atoms with Crippen LogP contribution in [0.3, 0.4) is 0 Å². The fraction of sp³-hybridized carbons (Fsp3) is 0.630. The van der Waals surface area contributed by atoms with E-state index < -0.39 is 0 Å². The second kappa shape index (κ2) is 10.5. The molecule has 4 rings (SSSR count). The van der Waals surface area contributed by atoms with Crippen LogP contribution in [0.2, 0.25) is 0 Å². The number of pyridine rings is 1. The Kier molecular flexibility index (Phi) is 7.59. The minimum Gasteiger partial charge on any atom is -0.497 e. The smallest absolute Gasteiger partial charge is 0.252 e. The molecular weight excluding hydrogens is 440 g/mol. The van der Waals surface area contributed by atoms with Crippen molar-refractivity contribution in [1.82, 2.24) is 30.1 Å². The van der Waals surface area contributed by atoms with Crippen LogP contribution in [-0.2, 0) is 12.1 Å². The summed E-state index contributed by atoms with van der Waals surface area (Å²) >= 11 is 0. The largest absolute Gasteiger partial charge is 0.497 e. The number of hydrogen-bond donors (Lipinski definition) is 1. The molecule has 2 aromatic heterocycles. The van der Waals surface area contributed by atoms with Crippen molar-refractivity contribution in [2.45, 2.75) is 97.3 Å². The highest BCUT2D eigenvalue weighted by atomic mass is 16.5. The monoisotopic (exact) mass is 480 g/mol. The van der Waals surface area contributed by atoms with Gasteiger partial charge < -0.3 is 9.72 Å². The Morgan fingerprint density at radius 1 is 1.20 bits per heavy atom. The molecule has 1 N–H and O–H groups in total. The van der Waals surface area contributed by atoms with Gasteiger partial charge in [0, 0.05) is 29.1 Å². The molecule has 1 atom stereocenters. The third kappa shape index (κ3) is 5.27. The van der Waals surface area contributed by atoms with Gasteiger partial charge >= 0.3 is 0 Å². The summed E-state index contributed by atoms with van der Waals surface area (Å²) in [7, 11) is 1.66. The topological polar surface area (TPSA) is 88.9 Å². The van der Waals surface area contributed by atoms with E-state index in [2.05, 4.69) is 60.0 Å². The maximum absolute atomic E-state index is 13.2. The van der Waals surface area contributed by atoms with Crippen LogP contribution in [0.25, 0.3) is 10.9 Å². The molecule has 1 aliphatic rings. The van der Waals surface area contributed by atoms with Crippen LogP contribution >= 0.6 is 0 Å². The van der Waals surface area contributed by atoms with E-state index >= 15 is 0 Å². The van der Waals surface area contributed by atoms with E-state index in [0.717, 1.165) is 47.3 Å². The van der Waals surface area contributed by atoms with E-state index in [-0.39, 0.29) is 23.1 Å². The molecule has 35 heavy (non-hydrogen) atoms. The van der Waals surface area contributed by atoms with Gasteiger partial charge in [0.05, 0.1) is 18.7 Å². The highest BCUT2D eigenvalue weighted by molar-refractivity contribution is 5.80. The summed E-state index contributed by atoms with van der Waals surface area (Å²) < 4.78 is 7.42. The third-order valence-electron chi connectivity index (χ3n) is 7.71. The van der Waals surface area contributed by atoms with Crippen molar-refractivity contribution in [3.8, 4) is 5.75 Å². The number of nitrogens with zero attached hydrogens (tertiary/aromatic N) is 5. The zero-order chi connectivity index (χ0) is 25.2. The molecular formula is C27H40N6O2. The number of ether oxygens (including phenoxy) is 1. The van der Waals surface area contributed by atoms with Gasteiger partial charge in [-0.1, -0.05) is 40.0 Å². The average Bonchev–Trinajstić information content (AvgIpc) is 3.34. The molecule has 1 aromatic carbocycles. The van der Waals surface area contributed by atoms with Gasteiger partial charge in [0.15, 0.2) is 5.82 Å². The van der Waals surface area contributed by atoms with Crippen molar-refractivity contribution in [1.29, 1.82) is 0 Å². The summed E-state index contributed by atoms with van der Waals surface area (Å²) in [5.41, 5.74) is 1.34. The van der Waals surface area contributed by atoms with Gasteiger partial charge in [-0.25, -0.2) is 4.68 Å². The van der Waals surface area contributed by atoms with Gasteiger partial charge in [-0.3, -0.25) is 9.69 Å². The van der Waals surface area contributed by atoms with Gasteiger partial charge in [0.25, 0.3) is 5.56 Å². The number of benzene rings is 1. The Hall–Kier alpha value is -2.74. The fourth-order valence-corrected chi connectivity index (χ4v) is 5.33. The lowest BCUT2D eigenvalue weighted by Crippen LogP contribution is -2.44. The molecule has 8 nitrogen and oxygen atoms in total. The van der Waals surface area contributed by atoms with Crippen molar-refractivity contribution < 1.29 is 4.74 Å². The van der Waals surface area contributed by atoms with E-state index in [1.54, 1.807) is 7.11 Å². The standard InChI is InChI=1S/C27H40N6O2/c1-7-27(4,5)33-25(29-30-31-33)24(18(2)3)32(21-11-9-8-10-12-21)17-20-15-19-16-22(35-6)13-14-23(19)28-26(20)34/h13-16,18,21,24H,7-12,17H2,1-6H3,(H,28,34)/t24-/m1/s1. The summed E-state index contributed by atoms with van der Waals surface area (Å²) in [5.74, 6) is 1.94. The first-order valence-corrected chi connectivity index (χ1v) is 13.0. The molecule has 0 spiro atoms. The molecule has 8 heteroatoms. The predicted octanol–water partition coefficient (Wildman–Crippen LogP) is 5.20. The van der Waals surface area contributed by atoms with E-state index in [0.29, 0.717) is 12.6 Å². The molecule has 0 bridgehead atoms. The van der Waals surface area contributed by atoms with Gasteiger partial charge in [0.1, 0.15) is 5.75 Å². The number of H-pyrrole nitrogens is 1. The number of tetrazole rings is 1. The molecule has 0 aliphatic heterocycles. The van der Waals surface area contributed by atoms with Crippen molar-refractivity contribution in [2.24, 2.45) is 5.92 Å². The lowest BCUT2D eigenvalue weighted by molar-refractivity contribution is 0.0572. The first-order valence-electron chi connectivity index (χ1n) is 13.0. The minimum absolute atomic E-state index is 0.000619. The van der Waals surface area contributed by atoms with Crippen LogP contribution in [0.5, 0.6) is 5.75 Å². The summed E-state index contributed by atoms with van der Waals surface area (Å²) in [6, 6.07) is 8.14. The van der Waals surface area contributed by atoms with Crippen LogP contribution in [0.1, 0.15) is 90.6 Å². The van der Waals surface area contributed by atoms with Crippen molar-refractivity contribution in [2.75, 3.05) is 7.11 Å². The molecule has 190 valence electrons. The Labute approximate surface area is 208 Å². The van der Waals surface area contributed by atoms with Crippen LogP contribution in [0.15, 0.2) is 29.1 Å². The van der Waals surface area contributed by atoms with Gasteiger partial charge in [-0.15, -0.1) is 5.10 Å². The van der Waals surface area contributed by atoms with Crippen molar-refractivity contribution in [3.63, 3.8) is 0 Å². The number of aromatic nitrogens is 5. The van der Waals surface area contributed by atoms with Crippen molar-refractivity contribution in [3.05, 3.63) is 46.0 Å². The number of aromatic amines is 1. The minimum atomic E-state index is -0.193. The van der Waals surface area contributed by atoms with Gasteiger partial charge in [-0.2, -0.15) is 0 Å². The molecule has 0 saturated heterocycles. The normalized spacial score (nSPS) is 16.3. The molecule has 1 aliphatic carbocycles. The summed E-state index contributed by atoms with van der Waals surface area (Å²) in [6.45, 7) is 11.5. The molecule has 2 heterocycles. The zero-order valence-electron chi connectivity index (χ0n) is 22.0. The quantitative estimate of drug-likeness (QED) is 0.453. The molecule has 0 unspecified atom stereocenters. The lowest BCUT2D eigenvalue weighted by Gasteiger charge is -2.42. The second-order valence-corrected chi connectivity index (χ2v) is 10.8. The number of rotatable bonds is 9. The van der Waals surface area contributed by atoms with E-state index in [4.69, 9.17) is 4.74 Å². The van der Waals surface area contributed by atoms with Crippen LogP contribution < -0.4 is 10.3 Å². The first-order chi connectivity index (χ1) is 16.7. The SMILES string of the molecule is CCC(C)(C)n1nnnc1[C@@H](C(C)C)N(Cc1cc2cc(OC)ccc2[nH]c1=O)C1CCCCC1. The molecule has 3 aromatic rings. The van der Waals surface area contributed by atoms with Crippen LogP contribution in [0, 0.1) is 5.92 Å². The number of methoxy groups -OCH3 is 1. The van der Waals surface area contributed by atoms with Crippen LogP contribution in [-0.4, -0.2) is 43.2 Å². The Bertz CT molecular complexity index is 1190. The number of hydrogen-bond acceptors (Lipinski definition) is 6. The molecule has 1 saturated carbocycles. The molecule has 1 fully saturated rings. The highest BCUT2D eigenvalue weighted by Gasteiger charge is 2.37. The first kappa shape index (κ1) is 25.4. The molecule has 0 amide bonds. The second-order valence-electron chi connectivity index (χ2n) is 10.8. The Morgan fingerprint density at radius 3 is 2.60 bits per heavy atom.